The highest BCUT2D eigenvalue weighted by atomic mass is 16.5. The Kier molecular flexibility index (Phi) is 4.02. The predicted molar refractivity (Wildman–Crippen MR) is 51.3 cm³/mol. The molecule has 72 valence electrons. The van der Waals surface area contributed by atoms with Crippen molar-refractivity contribution in [3.63, 3.8) is 0 Å². The van der Waals surface area contributed by atoms with Crippen LogP contribution in [0.1, 0.15) is 26.2 Å². The van der Waals surface area contributed by atoms with Crippen LogP contribution in [0.25, 0.3) is 0 Å². The third kappa shape index (κ3) is 2.46. The van der Waals surface area contributed by atoms with Crippen LogP contribution in [0.2, 0.25) is 0 Å². The van der Waals surface area contributed by atoms with Crippen molar-refractivity contribution in [1.82, 2.24) is 4.90 Å². The third-order valence-electron chi connectivity index (χ3n) is 2.86. The summed E-state index contributed by atoms with van der Waals surface area (Å²) in [5.74, 6) is 0.802. The van der Waals surface area contributed by atoms with E-state index in [1.54, 1.807) is 0 Å². The Morgan fingerprint density at radius 1 is 1.50 bits per heavy atom. The molecule has 0 radical (unpaired) electrons. The monoisotopic (exact) mass is 171 g/mol. The van der Waals surface area contributed by atoms with E-state index in [9.17, 15) is 0 Å². The van der Waals surface area contributed by atoms with Crippen molar-refractivity contribution in [3.05, 3.63) is 0 Å². The molecule has 0 amide bonds. The summed E-state index contributed by atoms with van der Waals surface area (Å²) < 4.78 is 5.49. The number of rotatable bonds is 3. The molecule has 2 nitrogen and oxygen atoms in total. The minimum Gasteiger partial charge on any atom is -0.380 e. The Labute approximate surface area is 75.9 Å². The number of methoxy groups -OCH3 is 1. The van der Waals surface area contributed by atoms with E-state index in [0.29, 0.717) is 6.10 Å². The lowest BCUT2D eigenvalue weighted by atomic mass is 9.90. The maximum absolute atomic E-state index is 5.49. The number of ether oxygens (including phenoxy) is 1. The summed E-state index contributed by atoms with van der Waals surface area (Å²) in [7, 11) is 4.01. The molecule has 0 aromatic rings. The van der Waals surface area contributed by atoms with Gasteiger partial charge in [-0.3, -0.25) is 0 Å². The van der Waals surface area contributed by atoms with Crippen LogP contribution in [-0.4, -0.2) is 38.3 Å². The molecule has 2 heteroatoms. The van der Waals surface area contributed by atoms with E-state index in [0.717, 1.165) is 12.5 Å². The van der Waals surface area contributed by atoms with Gasteiger partial charge in [-0.05, 0) is 32.4 Å². The Hall–Kier alpha value is -0.0800. The average molecular weight is 171 g/mol. The second-order valence-electron chi connectivity index (χ2n) is 3.87. The number of piperidine rings is 1. The fourth-order valence-corrected chi connectivity index (χ4v) is 2.09. The number of nitrogens with zero attached hydrogens (tertiary/aromatic N) is 1. The highest BCUT2D eigenvalue weighted by Crippen LogP contribution is 2.23. The molecule has 1 saturated heterocycles. The van der Waals surface area contributed by atoms with Crippen molar-refractivity contribution in [1.29, 1.82) is 0 Å². The third-order valence-corrected chi connectivity index (χ3v) is 2.86. The quantitative estimate of drug-likeness (QED) is 0.641. The first-order valence-electron chi connectivity index (χ1n) is 4.99. The normalized spacial score (nSPS) is 32.2. The molecule has 12 heavy (non-hydrogen) atoms. The lowest BCUT2D eigenvalue weighted by molar-refractivity contribution is -0.00649. The molecule has 1 rings (SSSR count). The minimum absolute atomic E-state index is 0.476. The second kappa shape index (κ2) is 4.83. The summed E-state index contributed by atoms with van der Waals surface area (Å²) in [4.78, 5) is 2.36. The highest BCUT2D eigenvalue weighted by molar-refractivity contribution is 4.79. The van der Waals surface area contributed by atoms with Gasteiger partial charge in [0.15, 0.2) is 0 Å². The topological polar surface area (TPSA) is 12.5 Å². The molecule has 0 bridgehead atoms. The van der Waals surface area contributed by atoms with Crippen molar-refractivity contribution >= 4 is 0 Å². The molecule has 0 aliphatic carbocycles. The van der Waals surface area contributed by atoms with Gasteiger partial charge in [-0.15, -0.1) is 0 Å². The summed E-state index contributed by atoms with van der Waals surface area (Å²) in [6.07, 6.45) is 4.40. The van der Waals surface area contributed by atoms with Gasteiger partial charge in [0.1, 0.15) is 0 Å². The Morgan fingerprint density at radius 2 is 2.25 bits per heavy atom. The Morgan fingerprint density at radius 3 is 2.83 bits per heavy atom. The van der Waals surface area contributed by atoms with Crippen LogP contribution in [0.15, 0.2) is 0 Å². The van der Waals surface area contributed by atoms with E-state index < -0.39 is 0 Å². The molecule has 0 aromatic carbocycles. The van der Waals surface area contributed by atoms with Gasteiger partial charge in [0.05, 0.1) is 6.10 Å². The minimum atomic E-state index is 0.476. The van der Waals surface area contributed by atoms with Crippen LogP contribution < -0.4 is 0 Å². The van der Waals surface area contributed by atoms with Gasteiger partial charge in [-0.25, -0.2) is 0 Å². The molecule has 0 aromatic heterocycles. The van der Waals surface area contributed by atoms with E-state index >= 15 is 0 Å². The van der Waals surface area contributed by atoms with Gasteiger partial charge in [0.2, 0.25) is 0 Å². The summed E-state index contributed by atoms with van der Waals surface area (Å²) in [6, 6.07) is 0. The van der Waals surface area contributed by atoms with Crippen LogP contribution in [0.3, 0.4) is 0 Å². The van der Waals surface area contributed by atoms with E-state index in [2.05, 4.69) is 18.9 Å². The molecular weight excluding hydrogens is 150 g/mol. The van der Waals surface area contributed by atoms with E-state index in [1.165, 1.54) is 25.8 Å². The van der Waals surface area contributed by atoms with Crippen molar-refractivity contribution in [3.8, 4) is 0 Å². The zero-order valence-corrected chi connectivity index (χ0v) is 8.55. The molecule has 1 aliphatic rings. The van der Waals surface area contributed by atoms with E-state index in [4.69, 9.17) is 4.74 Å². The lowest BCUT2D eigenvalue weighted by Gasteiger charge is -2.35. The van der Waals surface area contributed by atoms with Crippen molar-refractivity contribution in [2.45, 2.75) is 32.3 Å². The molecule has 0 N–H and O–H groups in total. The number of likely N-dealkylation sites (tertiary alicyclic amines) is 1. The fraction of sp³-hybridized carbons (Fsp3) is 1.00. The largest absolute Gasteiger partial charge is 0.380 e. The van der Waals surface area contributed by atoms with Gasteiger partial charge in [-0.2, -0.15) is 0 Å². The van der Waals surface area contributed by atoms with Gasteiger partial charge in [-0.1, -0.05) is 13.3 Å². The molecular formula is C10H21NO. The van der Waals surface area contributed by atoms with Crippen LogP contribution in [0, 0.1) is 5.92 Å². The first kappa shape index (κ1) is 10.0. The van der Waals surface area contributed by atoms with Crippen LogP contribution in [0.4, 0.5) is 0 Å². The maximum atomic E-state index is 5.49. The zero-order chi connectivity index (χ0) is 8.97. The predicted octanol–water partition coefficient (Wildman–Crippen LogP) is 1.75. The molecule has 1 heterocycles. The lowest BCUT2D eigenvalue weighted by Crippen LogP contribution is -2.42. The molecule has 0 spiro atoms. The van der Waals surface area contributed by atoms with Gasteiger partial charge >= 0.3 is 0 Å². The van der Waals surface area contributed by atoms with Crippen LogP contribution in [-0.2, 0) is 4.74 Å². The smallest absolute Gasteiger partial charge is 0.0726 e. The first-order chi connectivity index (χ1) is 5.77. The fourth-order valence-electron chi connectivity index (χ4n) is 2.09. The van der Waals surface area contributed by atoms with Crippen molar-refractivity contribution in [2.75, 3.05) is 27.2 Å². The zero-order valence-electron chi connectivity index (χ0n) is 8.55. The van der Waals surface area contributed by atoms with Crippen molar-refractivity contribution in [2.24, 2.45) is 5.92 Å². The van der Waals surface area contributed by atoms with Gasteiger partial charge < -0.3 is 9.64 Å². The number of likely N-dealkylation sites (N-methyl/N-ethyl adjacent to an activating group) is 1. The van der Waals surface area contributed by atoms with Crippen molar-refractivity contribution < 1.29 is 4.74 Å². The Bertz CT molecular complexity index is 127. The van der Waals surface area contributed by atoms with E-state index in [1.807, 2.05) is 7.11 Å². The number of hydrogen-bond acceptors (Lipinski definition) is 2. The molecule has 0 saturated carbocycles. The molecule has 1 aliphatic heterocycles. The Balaban J connectivity index is 2.39. The van der Waals surface area contributed by atoms with Crippen LogP contribution >= 0.6 is 0 Å². The van der Waals surface area contributed by atoms with E-state index in [-0.39, 0.29) is 0 Å². The van der Waals surface area contributed by atoms with Gasteiger partial charge in [0.25, 0.3) is 0 Å². The first-order valence-corrected chi connectivity index (χ1v) is 4.99. The summed E-state index contributed by atoms with van der Waals surface area (Å²) in [5.41, 5.74) is 0. The second-order valence-corrected chi connectivity index (χ2v) is 3.87. The number of hydrogen-bond donors (Lipinski definition) is 0. The molecule has 2 atom stereocenters. The summed E-state index contributed by atoms with van der Waals surface area (Å²) >= 11 is 0. The maximum Gasteiger partial charge on any atom is 0.0726 e. The average Bonchev–Trinajstić information content (AvgIpc) is 2.08. The molecule has 1 fully saturated rings. The highest BCUT2D eigenvalue weighted by Gasteiger charge is 2.26. The van der Waals surface area contributed by atoms with Gasteiger partial charge in [0, 0.05) is 13.7 Å². The standard InChI is InChI=1S/C10H21NO/c1-4-5-9-6-7-11(2)8-10(9)12-3/h9-10H,4-8H2,1-3H3. The molecule has 2 unspecified atom stereocenters. The SMILES string of the molecule is CCCC1CCN(C)CC1OC. The van der Waals surface area contributed by atoms with Crippen LogP contribution in [0.5, 0.6) is 0 Å². The summed E-state index contributed by atoms with van der Waals surface area (Å²) in [5, 5.41) is 0. The summed E-state index contributed by atoms with van der Waals surface area (Å²) in [6.45, 7) is 4.61.